The van der Waals surface area contributed by atoms with Gasteiger partial charge in [-0.05, 0) is 58.6 Å². The lowest BCUT2D eigenvalue weighted by atomic mass is 9.97. The Morgan fingerprint density at radius 2 is 1.95 bits per heavy atom. The van der Waals surface area contributed by atoms with Crippen LogP contribution >= 0.6 is 0 Å². The topological polar surface area (TPSA) is 36.4 Å². The molecule has 1 aromatic heterocycles. The number of likely N-dealkylation sites (tertiary alicyclic amines) is 1. The molecule has 0 radical (unpaired) electrons. The molecule has 0 aliphatic carbocycles. The molecule has 1 aromatic rings. The quantitative estimate of drug-likeness (QED) is 0.780. The van der Waals surface area contributed by atoms with E-state index >= 15 is 0 Å². The number of nitrogens with zero attached hydrogens (tertiary/aromatic N) is 3. The zero-order valence-electron chi connectivity index (χ0n) is 13.6. The van der Waals surface area contributed by atoms with Crippen molar-refractivity contribution in [3.05, 3.63) is 23.9 Å². The van der Waals surface area contributed by atoms with Crippen LogP contribution in [0.25, 0.3) is 0 Å². The van der Waals surface area contributed by atoms with Crippen molar-refractivity contribution in [2.75, 3.05) is 11.4 Å². The van der Waals surface area contributed by atoms with Crippen molar-refractivity contribution in [1.82, 2.24) is 9.88 Å². The molecule has 0 saturated carbocycles. The summed E-state index contributed by atoms with van der Waals surface area (Å²) < 4.78 is 0. The van der Waals surface area contributed by atoms with Crippen LogP contribution in [0.5, 0.6) is 0 Å². The minimum Gasteiger partial charge on any atom is -0.352 e. The Bertz CT molecular complexity index is 448. The molecule has 1 aliphatic heterocycles. The molecule has 0 N–H and O–H groups in total. The zero-order valence-corrected chi connectivity index (χ0v) is 13.6. The van der Waals surface area contributed by atoms with Crippen LogP contribution in [0, 0.1) is 0 Å². The fourth-order valence-electron chi connectivity index (χ4n) is 3.31. The molecule has 1 amide bonds. The Hall–Kier alpha value is -1.58. The van der Waals surface area contributed by atoms with E-state index in [9.17, 15) is 4.79 Å². The summed E-state index contributed by atoms with van der Waals surface area (Å²) in [5.41, 5.74) is 1.15. The first-order valence-electron chi connectivity index (χ1n) is 8.00. The first kappa shape index (κ1) is 15.8. The second-order valence-electron chi connectivity index (χ2n) is 6.40. The van der Waals surface area contributed by atoms with E-state index in [1.807, 2.05) is 11.1 Å². The highest BCUT2D eigenvalue weighted by Crippen LogP contribution is 2.30. The van der Waals surface area contributed by atoms with Crippen LogP contribution in [0.15, 0.2) is 18.3 Å². The number of anilines is 1. The number of hydrogen-bond acceptors (Lipinski definition) is 3. The molecule has 116 valence electrons. The Kier molecular flexibility index (Phi) is 5.21. The van der Waals surface area contributed by atoms with Gasteiger partial charge < -0.3 is 9.80 Å². The van der Waals surface area contributed by atoms with E-state index in [4.69, 9.17) is 0 Å². The number of carbonyl (C=O) groups excluding carboxylic acids is 1. The minimum atomic E-state index is 0.198. The van der Waals surface area contributed by atoms with Gasteiger partial charge in [-0.15, -0.1) is 0 Å². The van der Waals surface area contributed by atoms with Gasteiger partial charge in [0.15, 0.2) is 0 Å². The maximum atomic E-state index is 11.2. The third-order valence-electron chi connectivity index (χ3n) is 4.21. The van der Waals surface area contributed by atoms with Crippen LogP contribution in [-0.2, 0) is 4.79 Å². The molecule has 1 saturated heterocycles. The summed E-state index contributed by atoms with van der Waals surface area (Å²) in [5.74, 6) is 1.01. The molecule has 21 heavy (non-hydrogen) atoms. The third kappa shape index (κ3) is 3.55. The second-order valence-corrected chi connectivity index (χ2v) is 6.40. The Labute approximate surface area is 128 Å². The molecule has 1 atom stereocenters. The van der Waals surface area contributed by atoms with Gasteiger partial charge in [-0.2, -0.15) is 0 Å². The Balaban J connectivity index is 2.19. The zero-order chi connectivity index (χ0) is 15.4. The molecule has 2 heterocycles. The first-order valence-corrected chi connectivity index (χ1v) is 8.00. The van der Waals surface area contributed by atoms with Gasteiger partial charge in [0.25, 0.3) is 0 Å². The largest absolute Gasteiger partial charge is 0.352 e. The summed E-state index contributed by atoms with van der Waals surface area (Å²) in [6.45, 7) is 9.60. The lowest BCUT2D eigenvalue weighted by Gasteiger charge is -2.34. The number of amides is 1. The van der Waals surface area contributed by atoms with E-state index in [1.54, 1.807) is 0 Å². The Morgan fingerprint density at radius 3 is 2.48 bits per heavy atom. The number of hydrogen-bond donors (Lipinski definition) is 0. The predicted octanol–water partition coefficient (Wildman–Crippen LogP) is 3.39. The number of aromatic nitrogens is 1. The van der Waals surface area contributed by atoms with Gasteiger partial charge in [0.1, 0.15) is 5.82 Å². The van der Waals surface area contributed by atoms with Crippen LogP contribution in [0.3, 0.4) is 0 Å². The monoisotopic (exact) mass is 289 g/mol. The van der Waals surface area contributed by atoms with Gasteiger partial charge in [-0.1, -0.05) is 6.07 Å². The molecule has 0 spiro atoms. The van der Waals surface area contributed by atoms with Gasteiger partial charge in [0, 0.05) is 24.8 Å². The average Bonchev–Trinajstić information content (AvgIpc) is 2.47. The first-order chi connectivity index (χ1) is 10.0. The SMILES string of the molecule is CC(C)N(c1ccc([C@@H]2CCCCN2C=O)cn1)C(C)C. The van der Waals surface area contributed by atoms with E-state index in [-0.39, 0.29) is 6.04 Å². The molecule has 1 aliphatic rings. The highest BCUT2D eigenvalue weighted by molar-refractivity contribution is 5.49. The van der Waals surface area contributed by atoms with Crippen molar-refractivity contribution >= 4 is 12.2 Å². The summed E-state index contributed by atoms with van der Waals surface area (Å²) in [4.78, 5) is 20.1. The summed E-state index contributed by atoms with van der Waals surface area (Å²) in [6, 6.07) is 5.26. The number of rotatable bonds is 5. The third-order valence-corrected chi connectivity index (χ3v) is 4.21. The fourth-order valence-corrected chi connectivity index (χ4v) is 3.31. The molecule has 2 rings (SSSR count). The average molecular weight is 289 g/mol. The van der Waals surface area contributed by atoms with Crippen LogP contribution in [0.4, 0.5) is 5.82 Å². The highest BCUT2D eigenvalue weighted by Gasteiger charge is 2.23. The molecule has 0 unspecified atom stereocenters. The molecule has 0 bridgehead atoms. The summed E-state index contributed by atoms with van der Waals surface area (Å²) in [7, 11) is 0. The maximum absolute atomic E-state index is 11.2. The van der Waals surface area contributed by atoms with E-state index in [0.29, 0.717) is 12.1 Å². The molecular weight excluding hydrogens is 262 g/mol. The van der Waals surface area contributed by atoms with Crippen molar-refractivity contribution in [2.24, 2.45) is 0 Å². The second kappa shape index (κ2) is 6.92. The van der Waals surface area contributed by atoms with Crippen molar-refractivity contribution in [2.45, 2.75) is 65.1 Å². The van der Waals surface area contributed by atoms with Crippen molar-refractivity contribution < 1.29 is 4.79 Å². The molecule has 4 heteroatoms. The van der Waals surface area contributed by atoms with E-state index in [0.717, 1.165) is 37.2 Å². The summed E-state index contributed by atoms with van der Waals surface area (Å²) in [6.07, 6.45) is 6.25. The van der Waals surface area contributed by atoms with Gasteiger partial charge in [-0.3, -0.25) is 4.79 Å². The molecule has 0 aromatic carbocycles. The van der Waals surface area contributed by atoms with Crippen LogP contribution in [0.1, 0.15) is 58.6 Å². The smallest absolute Gasteiger partial charge is 0.210 e. The lowest BCUT2D eigenvalue weighted by Crippen LogP contribution is -2.37. The van der Waals surface area contributed by atoms with Crippen LogP contribution in [-0.4, -0.2) is 34.9 Å². The predicted molar refractivity (Wildman–Crippen MR) is 86.4 cm³/mol. The van der Waals surface area contributed by atoms with E-state index in [1.165, 1.54) is 6.42 Å². The fraction of sp³-hybridized carbons (Fsp3) is 0.647. The van der Waals surface area contributed by atoms with Crippen molar-refractivity contribution in [3.63, 3.8) is 0 Å². The van der Waals surface area contributed by atoms with Crippen molar-refractivity contribution in [1.29, 1.82) is 0 Å². The van der Waals surface area contributed by atoms with Gasteiger partial charge in [0.05, 0.1) is 6.04 Å². The van der Waals surface area contributed by atoms with Gasteiger partial charge >= 0.3 is 0 Å². The van der Waals surface area contributed by atoms with Crippen LogP contribution < -0.4 is 4.90 Å². The molecule has 4 nitrogen and oxygen atoms in total. The summed E-state index contributed by atoms with van der Waals surface area (Å²) >= 11 is 0. The van der Waals surface area contributed by atoms with E-state index < -0.39 is 0 Å². The van der Waals surface area contributed by atoms with E-state index in [2.05, 4.69) is 49.7 Å². The highest BCUT2D eigenvalue weighted by atomic mass is 16.1. The van der Waals surface area contributed by atoms with Crippen LogP contribution in [0.2, 0.25) is 0 Å². The number of carbonyl (C=O) groups is 1. The van der Waals surface area contributed by atoms with Crippen molar-refractivity contribution in [3.8, 4) is 0 Å². The van der Waals surface area contributed by atoms with Gasteiger partial charge in [0.2, 0.25) is 6.41 Å². The number of piperidine rings is 1. The minimum absolute atomic E-state index is 0.198. The maximum Gasteiger partial charge on any atom is 0.210 e. The lowest BCUT2D eigenvalue weighted by molar-refractivity contribution is -0.121. The Morgan fingerprint density at radius 1 is 1.24 bits per heavy atom. The van der Waals surface area contributed by atoms with Gasteiger partial charge in [-0.25, -0.2) is 4.98 Å². The summed E-state index contributed by atoms with van der Waals surface area (Å²) in [5, 5.41) is 0. The normalized spacial score (nSPS) is 19.1. The number of pyridine rings is 1. The molecular formula is C17H27N3O. The molecule has 1 fully saturated rings. The standard InChI is InChI=1S/C17H27N3O/c1-13(2)20(14(3)4)17-9-8-15(11-18-17)16-7-5-6-10-19(16)12-21/h8-9,11-14,16H,5-7,10H2,1-4H3/t16-/m0/s1.